The summed E-state index contributed by atoms with van der Waals surface area (Å²) in [4.78, 5) is 29.0. The third kappa shape index (κ3) is 4.15. The number of carbonyl (C=O) groups excluding carboxylic acids is 2. The first-order chi connectivity index (χ1) is 15.5. The topological polar surface area (TPSA) is 61.4 Å². The van der Waals surface area contributed by atoms with Gasteiger partial charge in [0, 0.05) is 36.1 Å². The van der Waals surface area contributed by atoms with Crippen molar-refractivity contribution in [2.45, 2.75) is 64.1 Å². The number of rotatable bonds is 3. The van der Waals surface area contributed by atoms with Crippen LogP contribution in [-0.2, 0) is 9.59 Å². The third-order valence-corrected chi connectivity index (χ3v) is 8.12. The Hall–Kier alpha value is -2.40. The average molecular weight is 434 g/mol. The predicted octanol–water partition coefficient (Wildman–Crippen LogP) is 3.82. The zero-order valence-corrected chi connectivity index (χ0v) is 19.2. The Labute approximate surface area is 191 Å². The van der Waals surface area contributed by atoms with Crippen LogP contribution in [0.15, 0.2) is 54.3 Å². The summed E-state index contributed by atoms with van der Waals surface area (Å²) in [6, 6.07) is 11.2. The number of nitrogens with zero attached hydrogens (tertiary/aromatic N) is 1. The first-order valence-electron chi connectivity index (χ1n) is 12.3. The molecule has 1 amide bonds. The molecule has 5 heteroatoms. The number of fused-ring (bicyclic) bond motifs is 3. The Kier molecular flexibility index (Phi) is 5.93. The lowest BCUT2D eigenvalue weighted by atomic mass is 9.80. The van der Waals surface area contributed by atoms with Crippen molar-refractivity contribution in [3.05, 3.63) is 54.3 Å². The molecule has 0 saturated carbocycles. The van der Waals surface area contributed by atoms with Crippen molar-refractivity contribution in [1.29, 1.82) is 0 Å². The molecule has 2 bridgehead atoms. The summed E-state index contributed by atoms with van der Waals surface area (Å²) in [5, 5.41) is 7.10. The third-order valence-electron chi connectivity index (χ3n) is 8.12. The lowest BCUT2D eigenvalue weighted by Crippen LogP contribution is -2.56. The van der Waals surface area contributed by atoms with Crippen LogP contribution in [0.2, 0.25) is 0 Å². The van der Waals surface area contributed by atoms with Crippen molar-refractivity contribution >= 4 is 17.4 Å². The van der Waals surface area contributed by atoms with Gasteiger partial charge in [-0.15, -0.1) is 0 Å². The van der Waals surface area contributed by atoms with Gasteiger partial charge in [0.15, 0.2) is 5.78 Å². The van der Waals surface area contributed by atoms with Gasteiger partial charge in [-0.25, -0.2) is 0 Å². The number of carbonyl (C=O) groups is 2. The second kappa shape index (κ2) is 8.86. The van der Waals surface area contributed by atoms with Gasteiger partial charge < -0.3 is 15.5 Å². The standard InChI is InChI=1S/C27H35N3O2/c1-17-12-19-14-21(15-20(28-19)13-18(17)2)29-27(32)24-16-30(22-8-4-3-5-9-22)25-11-7-6-10-23(25)26(24)31/h3-9,11,17-21,23-24,28H,10,12-16H2,1-2H3,(H,29,32). The van der Waals surface area contributed by atoms with Gasteiger partial charge in [0.1, 0.15) is 5.92 Å². The van der Waals surface area contributed by atoms with Gasteiger partial charge in [0.2, 0.25) is 5.91 Å². The largest absolute Gasteiger partial charge is 0.353 e. The first kappa shape index (κ1) is 21.4. The summed E-state index contributed by atoms with van der Waals surface area (Å²) in [6.07, 6.45) is 11.0. The molecule has 170 valence electrons. The zero-order valence-electron chi connectivity index (χ0n) is 19.2. The summed E-state index contributed by atoms with van der Waals surface area (Å²) in [7, 11) is 0. The molecular formula is C27H35N3O2. The van der Waals surface area contributed by atoms with E-state index in [0.29, 0.717) is 36.9 Å². The lowest BCUT2D eigenvalue weighted by Gasteiger charge is -2.41. The molecule has 1 aromatic rings. The quantitative estimate of drug-likeness (QED) is 0.712. The summed E-state index contributed by atoms with van der Waals surface area (Å²) >= 11 is 0. The average Bonchev–Trinajstić information content (AvgIpc) is 2.89. The van der Waals surface area contributed by atoms with Gasteiger partial charge in [-0.1, -0.05) is 44.2 Å². The molecule has 3 aliphatic heterocycles. The maximum absolute atomic E-state index is 13.4. The second-order valence-corrected chi connectivity index (χ2v) is 10.4. The smallest absolute Gasteiger partial charge is 0.232 e. The maximum atomic E-state index is 13.4. The number of para-hydroxylation sites is 1. The number of Topliss-reactive ketones (excluding diaryl/α,β-unsaturated/α-hetero) is 1. The molecule has 3 fully saturated rings. The highest BCUT2D eigenvalue weighted by Crippen LogP contribution is 2.37. The number of amides is 1. The van der Waals surface area contributed by atoms with E-state index in [2.05, 4.69) is 41.5 Å². The molecule has 0 aromatic heterocycles. The molecule has 5 nitrogen and oxygen atoms in total. The molecule has 6 unspecified atom stereocenters. The highest BCUT2D eigenvalue weighted by Gasteiger charge is 2.44. The summed E-state index contributed by atoms with van der Waals surface area (Å²) < 4.78 is 0. The Morgan fingerprint density at radius 2 is 1.72 bits per heavy atom. The number of allylic oxidation sites excluding steroid dienone is 4. The van der Waals surface area contributed by atoms with Crippen LogP contribution in [0, 0.1) is 23.7 Å². The van der Waals surface area contributed by atoms with Gasteiger partial charge in [-0.2, -0.15) is 0 Å². The molecule has 32 heavy (non-hydrogen) atoms. The Bertz CT molecular complexity index is 906. The molecule has 1 aliphatic carbocycles. The van der Waals surface area contributed by atoms with Crippen LogP contribution in [0.25, 0.3) is 0 Å². The van der Waals surface area contributed by atoms with E-state index < -0.39 is 5.92 Å². The van der Waals surface area contributed by atoms with Crippen molar-refractivity contribution in [2.24, 2.45) is 23.7 Å². The highest BCUT2D eigenvalue weighted by molar-refractivity contribution is 6.06. The Balaban J connectivity index is 1.33. The van der Waals surface area contributed by atoms with Crippen LogP contribution in [0.3, 0.4) is 0 Å². The van der Waals surface area contributed by atoms with E-state index in [9.17, 15) is 9.59 Å². The molecule has 3 saturated heterocycles. The van der Waals surface area contributed by atoms with Crippen LogP contribution in [-0.4, -0.2) is 36.4 Å². The van der Waals surface area contributed by atoms with Crippen LogP contribution in [0.1, 0.15) is 46.0 Å². The van der Waals surface area contributed by atoms with Gasteiger partial charge >= 0.3 is 0 Å². The maximum Gasteiger partial charge on any atom is 0.232 e. The van der Waals surface area contributed by atoms with Crippen molar-refractivity contribution in [1.82, 2.24) is 10.6 Å². The first-order valence-corrected chi connectivity index (χ1v) is 12.3. The van der Waals surface area contributed by atoms with E-state index in [-0.39, 0.29) is 23.7 Å². The van der Waals surface area contributed by atoms with E-state index in [1.54, 1.807) is 0 Å². The van der Waals surface area contributed by atoms with Crippen LogP contribution < -0.4 is 15.5 Å². The molecular weight excluding hydrogens is 398 g/mol. The summed E-state index contributed by atoms with van der Waals surface area (Å²) in [5.41, 5.74) is 2.06. The fourth-order valence-electron chi connectivity index (χ4n) is 6.22. The number of piperidine rings is 2. The van der Waals surface area contributed by atoms with Gasteiger partial charge in [-0.05, 0) is 62.1 Å². The number of nitrogens with one attached hydrogen (secondary N) is 2. The van der Waals surface area contributed by atoms with Crippen LogP contribution in [0.5, 0.6) is 0 Å². The lowest BCUT2D eigenvalue weighted by molar-refractivity contribution is -0.136. The van der Waals surface area contributed by atoms with Crippen molar-refractivity contribution in [3.63, 3.8) is 0 Å². The normalized spacial score (nSPS) is 36.7. The minimum atomic E-state index is -0.626. The molecule has 1 aromatic carbocycles. The van der Waals surface area contributed by atoms with Gasteiger partial charge in [0.05, 0.1) is 5.92 Å². The minimum Gasteiger partial charge on any atom is -0.353 e. The summed E-state index contributed by atoms with van der Waals surface area (Å²) in [6.45, 7) is 5.11. The van der Waals surface area contributed by atoms with E-state index in [1.165, 1.54) is 0 Å². The van der Waals surface area contributed by atoms with Crippen LogP contribution in [0.4, 0.5) is 5.69 Å². The Morgan fingerprint density at radius 3 is 2.41 bits per heavy atom. The molecule has 4 aliphatic rings. The molecule has 0 spiro atoms. The number of ketones is 1. The number of hydrogen-bond acceptors (Lipinski definition) is 4. The van der Waals surface area contributed by atoms with Crippen molar-refractivity contribution in [2.75, 3.05) is 11.4 Å². The monoisotopic (exact) mass is 433 g/mol. The molecule has 6 atom stereocenters. The van der Waals surface area contributed by atoms with E-state index in [4.69, 9.17) is 0 Å². The predicted molar refractivity (Wildman–Crippen MR) is 127 cm³/mol. The zero-order chi connectivity index (χ0) is 22.2. The Morgan fingerprint density at radius 1 is 1.03 bits per heavy atom. The second-order valence-electron chi connectivity index (χ2n) is 10.4. The van der Waals surface area contributed by atoms with Gasteiger partial charge in [-0.3, -0.25) is 9.59 Å². The highest BCUT2D eigenvalue weighted by atomic mass is 16.2. The van der Waals surface area contributed by atoms with E-state index in [1.807, 2.05) is 36.4 Å². The van der Waals surface area contributed by atoms with Crippen molar-refractivity contribution in [3.8, 4) is 0 Å². The fourth-order valence-corrected chi connectivity index (χ4v) is 6.22. The minimum absolute atomic E-state index is 0.0684. The molecule has 3 heterocycles. The van der Waals surface area contributed by atoms with E-state index >= 15 is 0 Å². The number of hydrogen-bond donors (Lipinski definition) is 2. The number of benzene rings is 1. The number of anilines is 1. The molecule has 2 N–H and O–H groups in total. The fraction of sp³-hybridized carbons (Fsp3) is 0.556. The molecule has 0 radical (unpaired) electrons. The van der Waals surface area contributed by atoms with Gasteiger partial charge in [0.25, 0.3) is 0 Å². The van der Waals surface area contributed by atoms with E-state index in [0.717, 1.165) is 37.1 Å². The van der Waals surface area contributed by atoms with Crippen molar-refractivity contribution < 1.29 is 9.59 Å². The SMILES string of the molecule is CC1CC2CC(NC(=O)C3CN(c4ccccc4)C4=CC=CCC4C3=O)CC(CC1C)N2. The van der Waals surface area contributed by atoms with Crippen LogP contribution >= 0.6 is 0 Å². The molecule has 5 rings (SSSR count). The summed E-state index contributed by atoms with van der Waals surface area (Å²) in [5.74, 6) is 0.528.